The van der Waals surface area contributed by atoms with Gasteiger partial charge in [0.2, 0.25) is 0 Å². The van der Waals surface area contributed by atoms with Crippen LogP contribution in [0, 0.1) is 0 Å². The Morgan fingerprint density at radius 2 is 2.00 bits per heavy atom. The molecule has 5 heteroatoms. The first-order valence-corrected chi connectivity index (χ1v) is 8.47. The average Bonchev–Trinajstić information content (AvgIpc) is 3.09. The third-order valence-corrected chi connectivity index (χ3v) is 3.87. The summed E-state index contributed by atoms with van der Waals surface area (Å²) < 4.78 is 5.38. The minimum absolute atomic E-state index is 0.0157. The fraction of sp³-hybridized carbons (Fsp3) is 0.556. The summed E-state index contributed by atoms with van der Waals surface area (Å²) in [5.41, 5.74) is 1.25. The van der Waals surface area contributed by atoms with Gasteiger partial charge in [-0.3, -0.25) is 9.59 Å². The molecule has 2 amide bonds. The molecule has 2 rings (SSSR count). The topological polar surface area (TPSA) is 58.6 Å². The summed E-state index contributed by atoms with van der Waals surface area (Å²) in [4.78, 5) is 26.6. The van der Waals surface area contributed by atoms with E-state index in [0.717, 1.165) is 38.8 Å². The van der Waals surface area contributed by atoms with E-state index in [9.17, 15) is 9.59 Å². The molecular weight excluding hydrogens is 292 g/mol. The van der Waals surface area contributed by atoms with Crippen LogP contribution in [0.5, 0.6) is 0 Å². The van der Waals surface area contributed by atoms with Gasteiger partial charge in [0.15, 0.2) is 0 Å². The predicted molar refractivity (Wildman–Crippen MR) is 90.5 cm³/mol. The maximum atomic E-state index is 12.6. The predicted octanol–water partition coefficient (Wildman–Crippen LogP) is 3.07. The molecule has 0 bridgehead atoms. The van der Waals surface area contributed by atoms with Gasteiger partial charge in [-0.25, -0.2) is 0 Å². The summed E-state index contributed by atoms with van der Waals surface area (Å²) >= 11 is 0. The lowest BCUT2D eigenvalue weighted by Gasteiger charge is -2.21. The Morgan fingerprint density at radius 3 is 2.61 bits per heavy atom. The van der Waals surface area contributed by atoms with E-state index in [0.29, 0.717) is 17.9 Å². The van der Waals surface area contributed by atoms with E-state index in [1.54, 1.807) is 24.3 Å². The Morgan fingerprint density at radius 1 is 1.26 bits per heavy atom. The molecule has 1 aromatic carbocycles. The van der Waals surface area contributed by atoms with E-state index < -0.39 is 0 Å². The fourth-order valence-electron chi connectivity index (χ4n) is 2.77. The number of ether oxygens (including phenoxy) is 1. The first-order chi connectivity index (χ1) is 11.2. The van der Waals surface area contributed by atoms with Crippen LogP contribution >= 0.6 is 0 Å². The van der Waals surface area contributed by atoms with Gasteiger partial charge in [0, 0.05) is 30.9 Å². The molecular formula is C18H26N2O3. The van der Waals surface area contributed by atoms with Crippen LogP contribution in [-0.2, 0) is 9.53 Å². The molecule has 0 radical (unpaired) electrons. The number of carbonyl (C=O) groups is 2. The van der Waals surface area contributed by atoms with E-state index in [2.05, 4.69) is 19.2 Å². The van der Waals surface area contributed by atoms with E-state index in [-0.39, 0.29) is 17.9 Å². The number of nitrogens with zero attached hydrogens (tertiary/aromatic N) is 1. The molecule has 1 aliphatic heterocycles. The summed E-state index contributed by atoms with van der Waals surface area (Å²) in [6.07, 6.45) is 3.17. The highest BCUT2D eigenvalue weighted by Gasteiger charge is 2.23. The first kappa shape index (κ1) is 17.5. The standard InChI is InChI=1S/C18H26N2O3/c1-3-10-20(11-4-2)18(22)14-7-5-8-15(13-14)19-17(21)16-9-6-12-23-16/h5,7-8,13,16H,3-4,6,9-12H2,1-2H3,(H,19,21). The van der Waals surface area contributed by atoms with Crippen molar-refractivity contribution in [1.29, 1.82) is 0 Å². The Kier molecular flexibility index (Phi) is 6.59. The molecule has 0 aliphatic carbocycles. The lowest BCUT2D eigenvalue weighted by Crippen LogP contribution is -2.32. The van der Waals surface area contributed by atoms with Gasteiger partial charge in [0.25, 0.3) is 11.8 Å². The quantitative estimate of drug-likeness (QED) is 0.840. The zero-order valence-corrected chi connectivity index (χ0v) is 14.0. The maximum Gasteiger partial charge on any atom is 0.253 e. The molecule has 1 N–H and O–H groups in total. The van der Waals surface area contributed by atoms with Crippen LogP contribution in [-0.4, -0.2) is 42.5 Å². The molecule has 23 heavy (non-hydrogen) atoms. The second kappa shape index (κ2) is 8.67. The monoisotopic (exact) mass is 318 g/mol. The zero-order valence-electron chi connectivity index (χ0n) is 14.0. The largest absolute Gasteiger partial charge is 0.368 e. The highest BCUT2D eigenvalue weighted by atomic mass is 16.5. The van der Waals surface area contributed by atoms with Crippen molar-refractivity contribution >= 4 is 17.5 Å². The summed E-state index contributed by atoms with van der Waals surface area (Å²) in [7, 11) is 0. The van der Waals surface area contributed by atoms with Crippen molar-refractivity contribution in [2.75, 3.05) is 25.0 Å². The second-order valence-corrected chi connectivity index (χ2v) is 5.86. The Balaban J connectivity index is 2.05. The number of benzene rings is 1. The van der Waals surface area contributed by atoms with Crippen LogP contribution < -0.4 is 5.32 Å². The smallest absolute Gasteiger partial charge is 0.253 e. The first-order valence-electron chi connectivity index (χ1n) is 8.47. The van der Waals surface area contributed by atoms with Crippen LogP contribution in [0.1, 0.15) is 49.9 Å². The molecule has 1 aromatic rings. The molecule has 126 valence electrons. The van der Waals surface area contributed by atoms with E-state index in [1.807, 2.05) is 4.90 Å². The van der Waals surface area contributed by atoms with E-state index >= 15 is 0 Å². The summed E-state index contributed by atoms with van der Waals surface area (Å²) in [5, 5.41) is 2.85. The van der Waals surface area contributed by atoms with Crippen LogP contribution in [0.3, 0.4) is 0 Å². The minimum Gasteiger partial charge on any atom is -0.368 e. The van der Waals surface area contributed by atoms with Gasteiger partial charge in [-0.1, -0.05) is 19.9 Å². The van der Waals surface area contributed by atoms with Crippen LogP contribution in [0.2, 0.25) is 0 Å². The number of nitrogens with one attached hydrogen (secondary N) is 1. The Hall–Kier alpha value is -1.88. The van der Waals surface area contributed by atoms with Gasteiger partial charge in [-0.15, -0.1) is 0 Å². The molecule has 1 saturated heterocycles. The van der Waals surface area contributed by atoms with Gasteiger partial charge >= 0.3 is 0 Å². The third kappa shape index (κ3) is 4.79. The van der Waals surface area contributed by atoms with Crippen LogP contribution in [0.15, 0.2) is 24.3 Å². The fourth-order valence-corrected chi connectivity index (χ4v) is 2.77. The van der Waals surface area contributed by atoms with Gasteiger partial charge < -0.3 is 15.0 Å². The van der Waals surface area contributed by atoms with Crippen LogP contribution in [0.4, 0.5) is 5.69 Å². The Labute approximate surface area is 138 Å². The zero-order chi connectivity index (χ0) is 16.7. The molecule has 0 spiro atoms. The van der Waals surface area contributed by atoms with Crippen molar-refractivity contribution in [2.45, 2.75) is 45.6 Å². The number of hydrogen-bond acceptors (Lipinski definition) is 3. The number of rotatable bonds is 7. The lowest BCUT2D eigenvalue weighted by molar-refractivity contribution is -0.124. The molecule has 1 atom stereocenters. The molecule has 0 saturated carbocycles. The normalized spacial score (nSPS) is 17.0. The highest BCUT2D eigenvalue weighted by Crippen LogP contribution is 2.17. The van der Waals surface area contributed by atoms with Crippen molar-refractivity contribution in [3.05, 3.63) is 29.8 Å². The number of hydrogen-bond donors (Lipinski definition) is 1. The van der Waals surface area contributed by atoms with E-state index in [4.69, 9.17) is 4.74 Å². The molecule has 5 nitrogen and oxygen atoms in total. The van der Waals surface area contributed by atoms with Gasteiger partial charge in [-0.2, -0.15) is 0 Å². The highest BCUT2D eigenvalue weighted by molar-refractivity contribution is 5.98. The van der Waals surface area contributed by atoms with Crippen molar-refractivity contribution < 1.29 is 14.3 Å². The molecule has 1 fully saturated rings. The number of carbonyl (C=O) groups excluding carboxylic acids is 2. The molecule has 1 aliphatic rings. The van der Waals surface area contributed by atoms with Gasteiger partial charge in [-0.05, 0) is 43.9 Å². The molecule has 0 aromatic heterocycles. The summed E-state index contributed by atoms with van der Waals surface area (Å²) in [6, 6.07) is 7.14. The summed E-state index contributed by atoms with van der Waals surface area (Å²) in [6.45, 7) is 6.26. The number of anilines is 1. The van der Waals surface area contributed by atoms with Gasteiger partial charge in [0.1, 0.15) is 6.10 Å². The number of amides is 2. The molecule has 1 heterocycles. The summed E-state index contributed by atoms with van der Waals surface area (Å²) in [5.74, 6) is -0.118. The van der Waals surface area contributed by atoms with E-state index in [1.165, 1.54) is 0 Å². The van der Waals surface area contributed by atoms with Crippen LogP contribution in [0.25, 0.3) is 0 Å². The molecule has 1 unspecified atom stereocenters. The van der Waals surface area contributed by atoms with Crippen molar-refractivity contribution in [3.8, 4) is 0 Å². The SMILES string of the molecule is CCCN(CCC)C(=O)c1cccc(NC(=O)C2CCCO2)c1. The average molecular weight is 318 g/mol. The maximum absolute atomic E-state index is 12.6. The van der Waals surface area contributed by atoms with Crippen molar-refractivity contribution in [2.24, 2.45) is 0 Å². The third-order valence-electron chi connectivity index (χ3n) is 3.87. The van der Waals surface area contributed by atoms with Crippen molar-refractivity contribution in [3.63, 3.8) is 0 Å². The minimum atomic E-state index is -0.369. The van der Waals surface area contributed by atoms with Crippen molar-refractivity contribution in [1.82, 2.24) is 4.90 Å². The Bertz CT molecular complexity index is 533. The lowest BCUT2D eigenvalue weighted by atomic mass is 10.1. The second-order valence-electron chi connectivity index (χ2n) is 5.86. The van der Waals surface area contributed by atoms with Gasteiger partial charge in [0.05, 0.1) is 0 Å².